The monoisotopic (exact) mass is 810 g/mol. The van der Waals surface area contributed by atoms with E-state index >= 15 is 0 Å². The summed E-state index contributed by atoms with van der Waals surface area (Å²) in [5.74, 6) is 0. The van der Waals surface area contributed by atoms with Gasteiger partial charge in [-0.15, -0.1) is 62.8 Å². The van der Waals surface area contributed by atoms with Gasteiger partial charge in [-0.3, -0.25) is 0 Å². The van der Waals surface area contributed by atoms with Gasteiger partial charge >= 0.3 is 0 Å². The number of halogens is 16. The molecule has 0 unspecified atom stereocenters. The zero-order valence-corrected chi connectivity index (χ0v) is 28.4. The van der Waals surface area contributed by atoms with Gasteiger partial charge in [-0.2, -0.15) is 0 Å². The van der Waals surface area contributed by atoms with Gasteiger partial charge in [-0.1, -0.05) is 153 Å². The SMILES string of the molecule is C.C=C.C=CCl.Cl.Cl.Cl.Cl.Cl/C=C/Cl.Cl/C=C\Cl.ClC(Cl)=C(Cl)Cl.ClC=C(Cl)Cl.[CH3-].[HH].[HH].[HH].[HH].[V]. The predicted octanol–water partition coefficient (Wildman–Crippen LogP) is 15.4. The summed E-state index contributed by atoms with van der Waals surface area (Å²) >= 11 is 59.1. The van der Waals surface area contributed by atoms with Gasteiger partial charge in [0.15, 0.2) is 0 Å². The molecule has 17 heteroatoms. The average Bonchev–Trinajstić information content (AvgIpc) is 2.58. The fourth-order valence-electron chi connectivity index (χ4n) is 0. The fourth-order valence-corrected chi connectivity index (χ4v) is 0. The quantitative estimate of drug-likeness (QED) is 0.169. The van der Waals surface area contributed by atoms with Gasteiger partial charge in [0.2, 0.25) is 0 Å². The van der Waals surface area contributed by atoms with Crippen molar-refractivity contribution in [2.24, 2.45) is 0 Å². The van der Waals surface area contributed by atoms with Crippen molar-refractivity contribution in [2.75, 3.05) is 0 Å². The maximum absolute atomic E-state index is 4.99. The second-order valence-corrected chi connectivity index (χ2v) is 6.02. The Hall–Kier alpha value is 3.66. The van der Waals surface area contributed by atoms with E-state index in [9.17, 15) is 0 Å². The molecule has 205 valence electrons. The zero-order chi connectivity index (χ0) is 21.0. The third-order valence-corrected chi connectivity index (χ3v) is 2.89. The number of hydrogen-bond acceptors (Lipinski definition) is 0. The van der Waals surface area contributed by atoms with Gasteiger partial charge in [0.25, 0.3) is 0 Å². The summed E-state index contributed by atoms with van der Waals surface area (Å²) in [4.78, 5) is 0. The Labute approximate surface area is 291 Å². The van der Waals surface area contributed by atoms with Crippen LogP contribution in [0.15, 0.2) is 66.4 Å². The minimum atomic E-state index is -0.0988. The molecule has 0 aromatic carbocycles. The van der Waals surface area contributed by atoms with Crippen molar-refractivity contribution in [3.05, 3.63) is 73.8 Å². The summed E-state index contributed by atoms with van der Waals surface area (Å²) in [7, 11) is 0. The van der Waals surface area contributed by atoms with Gasteiger partial charge < -0.3 is 7.43 Å². The molecule has 0 aliphatic rings. The van der Waals surface area contributed by atoms with E-state index in [0.717, 1.165) is 5.54 Å². The molecule has 31 heavy (non-hydrogen) atoms. The van der Waals surface area contributed by atoms with Crippen LogP contribution in [0, 0.1) is 7.43 Å². The Morgan fingerprint density at radius 1 is 0.581 bits per heavy atom. The second-order valence-electron chi connectivity index (χ2n) is 1.58. The third kappa shape index (κ3) is 248. The first-order valence-electron chi connectivity index (χ1n) is 4.56. The molecule has 0 rings (SSSR count). The van der Waals surface area contributed by atoms with E-state index in [4.69, 9.17) is 139 Å². The Kier molecular flexibility index (Phi) is 278. The van der Waals surface area contributed by atoms with Crippen molar-refractivity contribution in [3.8, 4) is 0 Å². The summed E-state index contributed by atoms with van der Waals surface area (Å²) in [6.45, 7) is 9.13. The Morgan fingerprint density at radius 3 is 0.677 bits per heavy atom. The normalized spacial score (nSPS) is 5.68. The van der Waals surface area contributed by atoms with E-state index in [1.165, 1.54) is 27.7 Å². The van der Waals surface area contributed by atoms with Gasteiger partial charge in [-0.05, 0) is 5.54 Å². The van der Waals surface area contributed by atoms with Crippen LogP contribution in [0.3, 0.4) is 0 Å². The molecular formula is C14H31Cl16V-. The Balaban J connectivity index is -0.00000000711. The summed E-state index contributed by atoms with van der Waals surface area (Å²) < 4.78 is -0.108. The van der Waals surface area contributed by atoms with E-state index < -0.39 is 0 Å². The standard InChI is InChI=1S/C2Cl4.C2HCl3.2C2H2Cl2.C2H3Cl.C2H4.CH4.CH3.4ClH.V.4H2/c3-1(4)2(5)6;3-1-2(4)5;2*3-1-2-4;1-2-3;1-2;;;;;;;;;;;/h;1H;2*1-2H;2H,1H2;1-2H2;1H4;1H3;4*1H;;4*1H/q;;;;;;;-1;;;;;;;;;/b;;2-1+;2-1-;;;;;;;;;;;;;. The largest absolute Gasteiger partial charge is 0.358 e. The van der Waals surface area contributed by atoms with Gasteiger partial charge in [0, 0.05) is 51.9 Å². The van der Waals surface area contributed by atoms with Crippen molar-refractivity contribution < 1.29 is 24.3 Å². The van der Waals surface area contributed by atoms with Crippen molar-refractivity contribution in [2.45, 2.75) is 7.43 Å². The molecule has 0 fully saturated rings. The molecule has 0 amide bonds. The Morgan fingerprint density at radius 2 is 0.677 bits per heavy atom. The summed E-state index contributed by atoms with van der Waals surface area (Å²) in [5.41, 5.74) is 7.26. The third-order valence-electron chi connectivity index (χ3n) is 0.321. The van der Waals surface area contributed by atoms with Crippen LogP contribution < -0.4 is 0 Å². The van der Waals surface area contributed by atoms with Crippen LogP contribution in [0.25, 0.3) is 0 Å². The molecular weight excluding hydrogens is 786 g/mol. The maximum Gasteiger partial charge on any atom is 0.136 e. The topological polar surface area (TPSA) is 0 Å². The van der Waals surface area contributed by atoms with Crippen molar-refractivity contribution in [1.82, 2.24) is 0 Å². The first-order valence-corrected chi connectivity index (χ1v) is 9.44. The molecule has 0 bridgehead atoms. The molecule has 0 spiro atoms. The van der Waals surface area contributed by atoms with Gasteiger partial charge in [0.05, 0.1) is 0 Å². The molecule has 0 aliphatic carbocycles. The number of rotatable bonds is 0. The molecule has 0 aliphatic heterocycles. The van der Waals surface area contributed by atoms with Gasteiger partial charge in [-0.25, -0.2) is 0 Å². The molecule has 0 saturated heterocycles. The summed E-state index contributed by atoms with van der Waals surface area (Å²) in [6, 6.07) is 0. The predicted molar refractivity (Wildman–Crippen MR) is 176 cm³/mol. The summed E-state index contributed by atoms with van der Waals surface area (Å²) in [6.07, 6.45) is 0. The summed E-state index contributed by atoms with van der Waals surface area (Å²) in [5, 5.41) is 0. The van der Waals surface area contributed by atoms with Crippen LogP contribution in [0.4, 0.5) is 0 Å². The molecule has 0 N–H and O–H groups in total. The fraction of sp³-hybridized carbons (Fsp3) is 0.0714. The average molecular weight is 818 g/mol. The van der Waals surface area contributed by atoms with E-state index in [1.807, 2.05) is 0 Å². The first kappa shape index (κ1) is 83.7. The van der Waals surface area contributed by atoms with Crippen LogP contribution in [-0.4, -0.2) is 0 Å². The van der Waals surface area contributed by atoms with E-state index in [-0.39, 0.29) is 102 Å². The molecule has 1 radical (unpaired) electrons. The number of hydrogen-bond donors (Lipinski definition) is 0. The van der Waals surface area contributed by atoms with Crippen LogP contribution in [0.1, 0.15) is 13.1 Å². The molecule has 0 nitrogen and oxygen atoms in total. The van der Waals surface area contributed by atoms with E-state index in [1.54, 1.807) is 0 Å². The zero-order valence-electron chi connectivity index (χ0n) is 14.7. The second kappa shape index (κ2) is 103. The Bertz CT molecular complexity index is 323. The van der Waals surface area contributed by atoms with Crippen LogP contribution in [0.2, 0.25) is 0 Å². The molecule has 0 aromatic heterocycles. The molecule has 0 aromatic rings. The first-order chi connectivity index (χ1) is 11.2. The maximum atomic E-state index is 4.99. The molecule has 0 saturated carbocycles. The van der Waals surface area contributed by atoms with Crippen LogP contribution in [-0.2, 0) is 18.6 Å². The smallest absolute Gasteiger partial charge is 0.136 e. The van der Waals surface area contributed by atoms with Crippen LogP contribution in [0.5, 0.6) is 0 Å². The van der Waals surface area contributed by atoms with Crippen molar-refractivity contribution in [3.63, 3.8) is 0 Å². The van der Waals surface area contributed by atoms with E-state index in [0.29, 0.717) is 0 Å². The minimum Gasteiger partial charge on any atom is -0.358 e. The van der Waals surface area contributed by atoms with Crippen molar-refractivity contribution >= 4 is 189 Å². The minimum absolute atomic E-state index is 0. The molecule has 0 heterocycles. The van der Waals surface area contributed by atoms with Crippen molar-refractivity contribution in [1.29, 1.82) is 0 Å². The van der Waals surface area contributed by atoms with Gasteiger partial charge in [0.1, 0.15) is 13.5 Å². The molecule has 0 atom stereocenters. The van der Waals surface area contributed by atoms with Crippen LogP contribution >= 0.6 is 189 Å². The van der Waals surface area contributed by atoms with E-state index in [2.05, 4.69) is 19.7 Å².